The van der Waals surface area contributed by atoms with Gasteiger partial charge >= 0.3 is 0 Å². The molecule has 1 aromatic carbocycles. The number of hydrogen-bond donors (Lipinski definition) is 0. The maximum absolute atomic E-state index is 12.2. The summed E-state index contributed by atoms with van der Waals surface area (Å²) in [5.41, 5.74) is 2.36. The van der Waals surface area contributed by atoms with Gasteiger partial charge in [-0.3, -0.25) is 4.79 Å². The smallest absolute Gasteiger partial charge is 0.143 e. The van der Waals surface area contributed by atoms with E-state index < -0.39 is 0 Å². The number of ether oxygens (including phenoxy) is 1. The average molecular weight is 230 g/mol. The summed E-state index contributed by atoms with van der Waals surface area (Å²) < 4.78 is 5.75. The minimum Gasteiger partial charge on any atom is -0.374 e. The van der Waals surface area contributed by atoms with Crippen LogP contribution >= 0.6 is 0 Å². The molecule has 2 saturated heterocycles. The Morgan fingerprint density at radius 2 is 2.29 bits per heavy atom. The third-order valence-corrected chi connectivity index (χ3v) is 3.98. The summed E-state index contributed by atoms with van der Waals surface area (Å²) in [5, 5.41) is 0. The van der Waals surface area contributed by atoms with Crippen molar-refractivity contribution in [1.29, 1.82) is 0 Å². The SMILES string of the molecule is Cc1cccc(CC(=O)C2CC3CCC2O3)c1. The molecule has 1 aromatic rings. The molecule has 3 rings (SSSR count). The van der Waals surface area contributed by atoms with Crippen molar-refractivity contribution in [3.8, 4) is 0 Å². The van der Waals surface area contributed by atoms with Crippen LogP contribution in [0.3, 0.4) is 0 Å². The Morgan fingerprint density at radius 1 is 1.41 bits per heavy atom. The number of hydrogen-bond acceptors (Lipinski definition) is 2. The lowest BCUT2D eigenvalue weighted by molar-refractivity contribution is -0.123. The van der Waals surface area contributed by atoms with Gasteiger partial charge in [0.1, 0.15) is 5.78 Å². The van der Waals surface area contributed by atoms with Gasteiger partial charge in [0.15, 0.2) is 0 Å². The van der Waals surface area contributed by atoms with Gasteiger partial charge in [-0.15, -0.1) is 0 Å². The average Bonchev–Trinajstić information content (AvgIpc) is 2.90. The predicted octanol–water partition coefficient (Wildman–Crippen LogP) is 2.67. The summed E-state index contributed by atoms with van der Waals surface area (Å²) in [6.45, 7) is 2.06. The van der Waals surface area contributed by atoms with Crippen LogP contribution in [0.15, 0.2) is 24.3 Å². The molecule has 0 spiro atoms. The molecule has 2 aliphatic heterocycles. The maximum Gasteiger partial charge on any atom is 0.143 e. The van der Waals surface area contributed by atoms with Crippen molar-refractivity contribution in [3.05, 3.63) is 35.4 Å². The molecule has 0 aliphatic carbocycles. The molecule has 2 heteroatoms. The fraction of sp³-hybridized carbons (Fsp3) is 0.533. The fourth-order valence-corrected chi connectivity index (χ4v) is 3.13. The highest BCUT2D eigenvalue weighted by atomic mass is 16.5. The van der Waals surface area contributed by atoms with E-state index in [9.17, 15) is 4.79 Å². The van der Waals surface area contributed by atoms with E-state index in [1.165, 1.54) is 5.56 Å². The highest BCUT2D eigenvalue weighted by Crippen LogP contribution is 2.39. The maximum atomic E-state index is 12.2. The Hall–Kier alpha value is -1.15. The fourth-order valence-electron chi connectivity index (χ4n) is 3.13. The number of carbonyl (C=O) groups excluding carboxylic acids is 1. The topological polar surface area (TPSA) is 26.3 Å². The van der Waals surface area contributed by atoms with Gasteiger partial charge in [0.25, 0.3) is 0 Å². The minimum absolute atomic E-state index is 0.161. The van der Waals surface area contributed by atoms with Gasteiger partial charge in [0.05, 0.1) is 12.2 Å². The quantitative estimate of drug-likeness (QED) is 0.798. The van der Waals surface area contributed by atoms with E-state index in [4.69, 9.17) is 4.74 Å². The largest absolute Gasteiger partial charge is 0.374 e. The first-order valence-corrected chi connectivity index (χ1v) is 6.46. The lowest BCUT2D eigenvalue weighted by Gasteiger charge is -2.17. The molecular formula is C15H18O2. The summed E-state index contributed by atoms with van der Waals surface area (Å²) in [6.07, 6.45) is 4.34. The van der Waals surface area contributed by atoms with Crippen LogP contribution in [0, 0.1) is 12.8 Å². The Labute approximate surface area is 102 Å². The molecule has 2 bridgehead atoms. The molecule has 2 aliphatic rings. The number of benzene rings is 1. The molecule has 0 amide bonds. The third kappa shape index (κ3) is 2.14. The van der Waals surface area contributed by atoms with E-state index in [2.05, 4.69) is 19.1 Å². The lowest BCUT2D eigenvalue weighted by atomic mass is 9.84. The molecule has 90 valence electrons. The van der Waals surface area contributed by atoms with Crippen LogP contribution in [0.2, 0.25) is 0 Å². The summed E-state index contributed by atoms with van der Waals surface area (Å²) in [4.78, 5) is 12.2. The second-order valence-electron chi connectivity index (χ2n) is 5.35. The number of ketones is 1. The van der Waals surface area contributed by atoms with Gasteiger partial charge in [-0.25, -0.2) is 0 Å². The molecule has 17 heavy (non-hydrogen) atoms. The van der Waals surface area contributed by atoms with Crippen molar-refractivity contribution in [2.75, 3.05) is 0 Å². The van der Waals surface area contributed by atoms with Crippen molar-refractivity contribution >= 4 is 5.78 Å². The van der Waals surface area contributed by atoms with Gasteiger partial charge in [-0.2, -0.15) is 0 Å². The van der Waals surface area contributed by atoms with Crippen molar-refractivity contribution in [1.82, 2.24) is 0 Å². The monoisotopic (exact) mass is 230 g/mol. The summed E-state index contributed by atoms with van der Waals surface area (Å²) >= 11 is 0. The van der Waals surface area contributed by atoms with E-state index in [0.29, 0.717) is 18.3 Å². The predicted molar refractivity (Wildman–Crippen MR) is 65.9 cm³/mol. The van der Waals surface area contributed by atoms with Crippen LogP contribution in [-0.4, -0.2) is 18.0 Å². The first-order chi connectivity index (χ1) is 8.22. The van der Waals surface area contributed by atoms with Gasteiger partial charge < -0.3 is 4.74 Å². The van der Waals surface area contributed by atoms with E-state index in [-0.39, 0.29) is 12.0 Å². The highest BCUT2D eigenvalue weighted by molar-refractivity contribution is 5.84. The standard InChI is InChI=1S/C15H18O2/c1-10-3-2-4-11(7-10)8-14(16)13-9-12-5-6-15(13)17-12/h2-4,7,12-13,15H,5-6,8-9H2,1H3. The Morgan fingerprint density at radius 3 is 2.94 bits per heavy atom. The van der Waals surface area contributed by atoms with Crippen LogP contribution in [0.4, 0.5) is 0 Å². The van der Waals surface area contributed by atoms with Crippen LogP contribution in [0.5, 0.6) is 0 Å². The van der Waals surface area contributed by atoms with E-state index in [1.807, 2.05) is 12.1 Å². The van der Waals surface area contributed by atoms with Crippen LogP contribution in [0.25, 0.3) is 0 Å². The van der Waals surface area contributed by atoms with E-state index >= 15 is 0 Å². The molecule has 0 N–H and O–H groups in total. The first-order valence-electron chi connectivity index (χ1n) is 6.46. The van der Waals surface area contributed by atoms with Crippen molar-refractivity contribution < 1.29 is 9.53 Å². The van der Waals surface area contributed by atoms with Crippen molar-refractivity contribution in [3.63, 3.8) is 0 Å². The summed E-state index contributed by atoms with van der Waals surface area (Å²) in [7, 11) is 0. The number of fused-ring (bicyclic) bond motifs is 2. The number of aryl methyl sites for hydroxylation is 1. The van der Waals surface area contributed by atoms with Crippen LogP contribution in [-0.2, 0) is 16.0 Å². The molecule has 2 nitrogen and oxygen atoms in total. The van der Waals surface area contributed by atoms with Crippen LogP contribution < -0.4 is 0 Å². The van der Waals surface area contributed by atoms with E-state index in [1.54, 1.807) is 0 Å². The number of rotatable bonds is 3. The zero-order valence-electron chi connectivity index (χ0n) is 10.2. The first kappa shape index (κ1) is 11.0. The zero-order valence-corrected chi connectivity index (χ0v) is 10.2. The molecule has 0 aromatic heterocycles. The van der Waals surface area contributed by atoms with Crippen LogP contribution in [0.1, 0.15) is 30.4 Å². The molecule has 0 radical (unpaired) electrons. The summed E-state index contributed by atoms with van der Waals surface area (Å²) in [6, 6.07) is 8.23. The molecular weight excluding hydrogens is 212 g/mol. The number of carbonyl (C=O) groups is 1. The normalized spacial score (nSPS) is 30.8. The highest BCUT2D eigenvalue weighted by Gasteiger charge is 2.43. The van der Waals surface area contributed by atoms with Gasteiger partial charge in [-0.05, 0) is 31.7 Å². The molecule has 3 atom stereocenters. The second kappa shape index (κ2) is 4.26. The summed E-state index contributed by atoms with van der Waals surface area (Å²) in [5.74, 6) is 0.525. The number of Topliss-reactive ketones (excluding diaryl/α,β-unsaturated/α-hetero) is 1. The van der Waals surface area contributed by atoms with Gasteiger partial charge in [0, 0.05) is 12.3 Å². The minimum atomic E-state index is 0.161. The van der Waals surface area contributed by atoms with Crippen molar-refractivity contribution in [2.24, 2.45) is 5.92 Å². The third-order valence-electron chi connectivity index (χ3n) is 3.98. The molecule has 3 unspecified atom stereocenters. The lowest BCUT2D eigenvalue weighted by Crippen LogP contribution is -2.26. The van der Waals surface area contributed by atoms with E-state index in [0.717, 1.165) is 24.8 Å². The molecule has 0 saturated carbocycles. The van der Waals surface area contributed by atoms with Gasteiger partial charge in [0.2, 0.25) is 0 Å². The molecule has 2 heterocycles. The van der Waals surface area contributed by atoms with Gasteiger partial charge in [-0.1, -0.05) is 29.8 Å². The Balaban J connectivity index is 1.68. The second-order valence-corrected chi connectivity index (χ2v) is 5.35. The van der Waals surface area contributed by atoms with Crippen molar-refractivity contribution in [2.45, 2.75) is 44.8 Å². The Bertz CT molecular complexity index is 438. The Kier molecular flexibility index (Phi) is 2.75. The zero-order chi connectivity index (χ0) is 11.8. The molecule has 2 fully saturated rings.